The lowest BCUT2D eigenvalue weighted by atomic mass is 10.1. The molecule has 2 aromatic rings. The second-order valence-electron chi connectivity index (χ2n) is 4.69. The van der Waals surface area contributed by atoms with E-state index in [9.17, 15) is 9.18 Å². The molecule has 2 aromatic carbocycles. The molecule has 2 rings (SSSR count). The number of carbonyl (C=O) groups excluding carboxylic acids is 1. The fourth-order valence-corrected chi connectivity index (χ4v) is 1.88. The Kier molecular flexibility index (Phi) is 4.77. The van der Waals surface area contributed by atoms with Gasteiger partial charge in [0, 0.05) is 17.9 Å². The van der Waals surface area contributed by atoms with E-state index < -0.39 is 0 Å². The molecule has 0 saturated heterocycles. The zero-order chi connectivity index (χ0) is 15.2. The van der Waals surface area contributed by atoms with Gasteiger partial charge in [-0.2, -0.15) is 0 Å². The molecular formula is C16H18FN3O. The fourth-order valence-electron chi connectivity index (χ4n) is 1.88. The summed E-state index contributed by atoms with van der Waals surface area (Å²) in [6.07, 6.45) is 0.856. The maximum atomic E-state index is 12.9. The van der Waals surface area contributed by atoms with Gasteiger partial charge in [-0.3, -0.25) is 4.79 Å². The quantitative estimate of drug-likeness (QED) is 0.739. The number of anilines is 3. The molecule has 0 spiro atoms. The Morgan fingerprint density at radius 1 is 1.19 bits per heavy atom. The van der Waals surface area contributed by atoms with E-state index in [4.69, 9.17) is 5.73 Å². The molecule has 4 N–H and O–H groups in total. The summed E-state index contributed by atoms with van der Waals surface area (Å²) in [5.74, 6) is -0.493. The second kappa shape index (κ2) is 6.74. The monoisotopic (exact) mass is 287 g/mol. The molecule has 110 valence electrons. The van der Waals surface area contributed by atoms with E-state index in [-0.39, 0.29) is 11.7 Å². The molecule has 5 heteroatoms. The van der Waals surface area contributed by atoms with Crippen molar-refractivity contribution in [1.29, 1.82) is 0 Å². The molecule has 0 atom stereocenters. The topological polar surface area (TPSA) is 67.2 Å². The van der Waals surface area contributed by atoms with Gasteiger partial charge in [-0.15, -0.1) is 0 Å². The molecule has 0 aromatic heterocycles. The molecule has 0 heterocycles. The van der Waals surface area contributed by atoms with E-state index in [0.29, 0.717) is 29.2 Å². The third-order valence-electron chi connectivity index (χ3n) is 2.95. The Labute approximate surface area is 123 Å². The van der Waals surface area contributed by atoms with Gasteiger partial charge in [0.2, 0.25) is 0 Å². The molecule has 0 aliphatic heterocycles. The van der Waals surface area contributed by atoms with E-state index in [0.717, 1.165) is 6.42 Å². The molecule has 21 heavy (non-hydrogen) atoms. The van der Waals surface area contributed by atoms with Crippen molar-refractivity contribution in [2.24, 2.45) is 0 Å². The van der Waals surface area contributed by atoms with E-state index >= 15 is 0 Å². The first-order valence-corrected chi connectivity index (χ1v) is 6.80. The third-order valence-corrected chi connectivity index (χ3v) is 2.95. The van der Waals surface area contributed by atoms with Crippen LogP contribution < -0.4 is 16.4 Å². The largest absolute Gasteiger partial charge is 0.399 e. The summed E-state index contributed by atoms with van der Waals surface area (Å²) in [4.78, 5) is 12.2. The van der Waals surface area contributed by atoms with Crippen molar-refractivity contribution in [2.45, 2.75) is 13.3 Å². The van der Waals surface area contributed by atoms with Crippen molar-refractivity contribution in [3.63, 3.8) is 0 Å². The van der Waals surface area contributed by atoms with Crippen molar-refractivity contribution in [3.05, 3.63) is 53.8 Å². The summed E-state index contributed by atoms with van der Waals surface area (Å²) >= 11 is 0. The van der Waals surface area contributed by atoms with Crippen LogP contribution in [0.4, 0.5) is 21.5 Å². The Hall–Kier alpha value is -2.56. The summed E-state index contributed by atoms with van der Waals surface area (Å²) < 4.78 is 12.9. The van der Waals surface area contributed by atoms with Gasteiger partial charge in [-0.1, -0.05) is 6.92 Å². The third kappa shape index (κ3) is 3.95. The standard InChI is InChI=1S/C16H18FN3O/c1-2-9-19-16(21)14-10-12(18)5-8-15(14)20-13-6-3-11(17)4-7-13/h3-8,10,20H,2,9,18H2,1H3,(H,19,21). The minimum absolute atomic E-state index is 0.186. The highest BCUT2D eigenvalue weighted by Gasteiger charge is 2.11. The number of halogens is 1. The summed E-state index contributed by atoms with van der Waals surface area (Å²) in [6, 6.07) is 11.0. The molecule has 4 nitrogen and oxygen atoms in total. The molecule has 0 unspecified atom stereocenters. The highest BCUT2D eigenvalue weighted by molar-refractivity contribution is 6.01. The van der Waals surface area contributed by atoms with Crippen molar-refractivity contribution < 1.29 is 9.18 Å². The van der Waals surface area contributed by atoms with Gasteiger partial charge in [0.25, 0.3) is 5.91 Å². The number of carbonyl (C=O) groups is 1. The van der Waals surface area contributed by atoms with Crippen molar-refractivity contribution in [1.82, 2.24) is 5.32 Å². The number of amides is 1. The molecule has 0 bridgehead atoms. The van der Waals surface area contributed by atoms with Crippen LogP contribution in [0, 0.1) is 5.82 Å². The van der Waals surface area contributed by atoms with Crippen LogP contribution in [0.25, 0.3) is 0 Å². The van der Waals surface area contributed by atoms with Crippen molar-refractivity contribution >= 4 is 23.0 Å². The molecule has 0 aliphatic rings. The summed E-state index contributed by atoms with van der Waals surface area (Å²) in [6.45, 7) is 2.58. The van der Waals surface area contributed by atoms with Gasteiger partial charge < -0.3 is 16.4 Å². The highest BCUT2D eigenvalue weighted by Crippen LogP contribution is 2.23. The SMILES string of the molecule is CCCNC(=O)c1cc(N)ccc1Nc1ccc(F)cc1. The number of nitrogens with one attached hydrogen (secondary N) is 2. The van der Waals surface area contributed by atoms with Crippen LogP contribution in [0.5, 0.6) is 0 Å². The molecule has 1 amide bonds. The van der Waals surface area contributed by atoms with E-state index in [1.54, 1.807) is 30.3 Å². The smallest absolute Gasteiger partial charge is 0.253 e. The predicted octanol–water partition coefficient (Wildman–Crippen LogP) is 3.29. The van der Waals surface area contributed by atoms with E-state index in [1.807, 2.05) is 6.92 Å². The van der Waals surface area contributed by atoms with Crippen LogP contribution in [-0.2, 0) is 0 Å². The number of hydrogen-bond donors (Lipinski definition) is 3. The fraction of sp³-hybridized carbons (Fsp3) is 0.188. The van der Waals surface area contributed by atoms with Crippen LogP contribution in [0.3, 0.4) is 0 Å². The normalized spacial score (nSPS) is 10.2. The number of nitrogens with two attached hydrogens (primary N) is 1. The molecule has 0 radical (unpaired) electrons. The number of rotatable bonds is 5. The van der Waals surface area contributed by atoms with Crippen LogP contribution >= 0.6 is 0 Å². The lowest BCUT2D eigenvalue weighted by molar-refractivity contribution is 0.0954. The Bertz CT molecular complexity index is 626. The minimum atomic E-state index is -0.307. The van der Waals surface area contributed by atoms with E-state index in [1.165, 1.54) is 12.1 Å². The van der Waals surface area contributed by atoms with E-state index in [2.05, 4.69) is 10.6 Å². The Morgan fingerprint density at radius 3 is 2.57 bits per heavy atom. The van der Waals surface area contributed by atoms with Crippen molar-refractivity contribution in [3.8, 4) is 0 Å². The predicted molar refractivity (Wildman–Crippen MR) is 83.2 cm³/mol. The molecule has 0 saturated carbocycles. The lowest BCUT2D eigenvalue weighted by Gasteiger charge is -2.13. The second-order valence-corrected chi connectivity index (χ2v) is 4.69. The highest BCUT2D eigenvalue weighted by atomic mass is 19.1. The minimum Gasteiger partial charge on any atom is -0.399 e. The van der Waals surface area contributed by atoms with Gasteiger partial charge in [-0.05, 0) is 48.9 Å². The van der Waals surface area contributed by atoms with Gasteiger partial charge in [0.05, 0.1) is 11.3 Å². The van der Waals surface area contributed by atoms with Crippen LogP contribution in [0.1, 0.15) is 23.7 Å². The van der Waals surface area contributed by atoms with Crippen LogP contribution in [-0.4, -0.2) is 12.5 Å². The summed E-state index contributed by atoms with van der Waals surface area (Å²) in [5, 5.41) is 5.92. The maximum absolute atomic E-state index is 12.9. The average molecular weight is 287 g/mol. The van der Waals surface area contributed by atoms with Crippen LogP contribution in [0.2, 0.25) is 0 Å². The van der Waals surface area contributed by atoms with Gasteiger partial charge in [0.1, 0.15) is 5.82 Å². The first-order chi connectivity index (χ1) is 10.1. The Balaban J connectivity index is 2.26. The van der Waals surface area contributed by atoms with Gasteiger partial charge >= 0.3 is 0 Å². The Morgan fingerprint density at radius 2 is 1.90 bits per heavy atom. The average Bonchev–Trinajstić information content (AvgIpc) is 2.49. The van der Waals surface area contributed by atoms with Crippen molar-refractivity contribution in [2.75, 3.05) is 17.6 Å². The van der Waals surface area contributed by atoms with Gasteiger partial charge in [0.15, 0.2) is 0 Å². The number of nitrogen functional groups attached to an aromatic ring is 1. The zero-order valence-corrected chi connectivity index (χ0v) is 11.8. The number of hydrogen-bond acceptors (Lipinski definition) is 3. The van der Waals surface area contributed by atoms with Crippen LogP contribution in [0.15, 0.2) is 42.5 Å². The zero-order valence-electron chi connectivity index (χ0n) is 11.8. The summed E-state index contributed by atoms with van der Waals surface area (Å²) in [5.41, 5.74) is 8.06. The maximum Gasteiger partial charge on any atom is 0.253 e. The first-order valence-electron chi connectivity index (χ1n) is 6.80. The first kappa shape index (κ1) is 14.8. The number of benzene rings is 2. The molecule has 0 aliphatic carbocycles. The van der Waals surface area contributed by atoms with Gasteiger partial charge in [-0.25, -0.2) is 4.39 Å². The summed E-state index contributed by atoms with van der Waals surface area (Å²) in [7, 11) is 0. The lowest BCUT2D eigenvalue weighted by Crippen LogP contribution is -2.24. The molecular weight excluding hydrogens is 269 g/mol. The molecule has 0 fully saturated rings.